The molecule has 0 aliphatic carbocycles. The molecule has 1 amide bonds. The molecule has 0 spiro atoms. The van der Waals surface area contributed by atoms with Gasteiger partial charge in [-0.25, -0.2) is 0 Å². The molecule has 1 aromatic rings. The summed E-state index contributed by atoms with van der Waals surface area (Å²) in [7, 11) is 1.68. The maximum atomic E-state index is 11.9. The molecule has 1 fully saturated rings. The van der Waals surface area contributed by atoms with E-state index < -0.39 is 0 Å². The van der Waals surface area contributed by atoms with Crippen LogP contribution in [0.4, 0.5) is 5.69 Å². The van der Waals surface area contributed by atoms with Crippen LogP contribution in [0.5, 0.6) is 0 Å². The van der Waals surface area contributed by atoms with Crippen molar-refractivity contribution in [1.29, 1.82) is 0 Å². The molecular weight excluding hydrogens is 228 g/mol. The Bertz CT molecular complexity index is 447. The molecule has 0 bridgehead atoms. The van der Waals surface area contributed by atoms with Gasteiger partial charge in [-0.15, -0.1) is 0 Å². The van der Waals surface area contributed by atoms with Crippen LogP contribution >= 0.6 is 0 Å². The van der Waals surface area contributed by atoms with Crippen molar-refractivity contribution in [3.05, 3.63) is 29.8 Å². The molecule has 1 aliphatic rings. The summed E-state index contributed by atoms with van der Waals surface area (Å²) in [5.41, 5.74) is 1.61. The third-order valence-electron chi connectivity index (χ3n) is 3.75. The summed E-state index contributed by atoms with van der Waals surface area (Å²) in [5.74, 6) is 0.0893. The van der Waals surface area contributed by atoms with Gasteiger partial charge in [0.05, 0.1) is 12.0 Å². The van der Waals surface area contributed by atoms with E-state index in [1.165, 1.54) is 0 Å². The molecule has 1 unspecified atom stereocenters. The predicted molar refractivity (Wildman–Crippen MR) is 71.4 cm³/mol. The number of amides is 1. The maximum absolute atomic E-state index is 11.9. The van der Waals surface area contributed by atoms with Crippen LogP contribution in [0.3, 0.4) is 0 Å². The first-order chi connectivity index (χ1) is 8.60. The molecule has 1 heterocycles. The smallest absolute Gasteiger partial charge is 0.227 e. The summed E-state index contributed by atoms with van der Waals surface area (Å²) in [6.07, 6.45) is 0.840. The van der Waals surface area contributed by atoms with Gasteiger partial charge in [0.1, 0.15) is 0 Å². The van der Waals surface area contributed by atoms with Crippen LogP contribution in [0, 0.1) is 5.41 Å². The second-order valence-corrected chi connectivity index (χ2v) is 5.10. The van der Waals surface area contributed by atoms with Gasteiger partial charge in [-0.1, -0.05) is 18.2 Å². The Labute approximate surface area is 108 Å². The zero-order chi connectivity index (χ0) is 13.2. The number of para-hydroxylation sites is 1. The number of nitrogens with zero attached hydrogens (tertiary/aromatic N) is 1. The fraction of sp³-hybridized carbons (Fsp3) is 0.500. The quantitative estimate of drug-likeness (QED) is 0.843. The zero-order valence-corrected chi connectivity index (χ0v) is 10.9. The number of hydrogen-bond acceptors (Lipinski definition) is 3. The topological polar surface area (TPSA) is 52.6 Å². The number of nitrogens with one attached hydrogen (secondary N) is 1. The van der Waals surface area contributed by atoms with E-state index in [0.29, 0.717) is 6.54 Å². The largest absolute Gasteiger partial charge is 0.392 e. The molecule has 0 aromatic heterocycles. The van der Waals surface area contributed by atoms with Crippen LogP contribution in [0.15, 0.2) is 24.3 Å². The normalized spacial score (nSPS) is 23.2. The van der Waals surface area contributed by atoms with Gasteiger partial charge in [0.25, 0.3) is 0 Å². The Hall–Kier alpha value is -1.55. The molecular formula is C14H20N2O2. The molecule has 1 saturated heterocycles. The van der Waals surface area contributed by atoms with E-state index in [1.54, 1.807) is 7.05 Å². The number of carbonyl (C=O) groups excluding carboxylic acids is 1. The van der Waals surface area contributed by atoms with Gasteiger partial charge in [0.15, 0.2) is 0 Å². The van der Waals surface area contributed by atoms with Crippen molar-refractivity contribution in [2.75, 3.05) is 25.0 Å². The minimum absolute atomic E-state index is 0.0311. The van der Waals surface area contributed by atoms with E-state index in [0.717, 1.165) is 24.2 Å². The van der Waals surface area contributed by atoms with Gasteiger partial charge in [-0.3, -0.25) is 4.79 Å². The number of rotatable bonds is 3. The van der Waals surface area contributed by atoms with Crippen LogP contribution < -0.4 is 10.2 Å². The van der Waals surface area contributed by atoms with Gasteiger partial charge in [0.2, 0.25) is 5.91 Å². The van der Waals surface area contributed by atoms with Crippen molar-refractivity contribution in [1.82, 2.24) is 5.32 Å². The molecule has 2 rings (SSSR count). The third kappa shape index (κ3) is 2.20. The maximum Gasteiger partial charge on any atom is 0.227 e. The summed E-state index contributed by atoms with van der Waals surface area (Å²) in [5, 5.41) is 12.1. The second kappa shape index (κ2) is 4.98. The van der Waals surface area contributed by atoms with Crippen LogP contribution in [0.25, 0.3) is 0 Å². The molecule has 98 valence electrons. The number of aliphatic hydroxyl groups is 1. The van der Waals surface area contributed by atoms with Crippen molar-refractivity contribution in [3.8, 4) is 0 Å². The van der Waals surface area contributed by atoms with Crippen molar-refractivity contribution in [3.63, 3.8) is 0 Å². The first kappa shape index (κ1) is 12.9. The van der Waals surface area contributed by atoms with Crippen LogP contribution in [0.1, 0.15) is 18.9 Å². The Morgan fingerprint density at radius 1 is 1.50 bits per heavy atom. The van der Waals surface area contributed by atoms with Crippen molar-refractivity contribution in [2.45, 2.75) is 20.0 Å². The number of hydrogen-bond donors (Lipinski definition) is 2. The van der Waals surface area contributed by atoms with Gasteiger partial charge in [-0.05, 0) is 19.4 Å². The number of carbonyl (C=O) groups is 1. The molecule has 0 saturated carbocycles. The van der Waals surface area contributed by atoms with Gasteiger partial charge < -0.3 is 15.3 Å². The van der Waals surface area contributed by atoms with Crippen LogP contribution in [-0.2, 0) is 11.4 Å². The molecule has 1 aliphatic heterocycles. The van der Waals surface area contributed by atoms with Crippen molar-refractivity contribution < 1.29 is 9.90 Å². The number of benzene rings is 1. The lowest BCUT2D eigenvalue weighted by atomic mass is 9.89. The minimum Gasteiger partial charge on any atom is -0.392 e. The van der Waals surface area contributed by atoms with Crippen LogP contribution in [0.2, 0.25) is 0 Å². The van der Waals surface area contributed by atoms with E-state index in [2.05, 4.69) is 10.2 Å². The van der Waals surface area contributed by atoms with Gasteiger partial charge in [-0.2, -0.15) is 0 Å². The Kier molecular flexibility index (Phi) is 3.57. The Balaban J connectivity index is 2.20. The summed E-state index contributed by atoms with van der Waals surface area (Å²) in [6, 6.07) is 7.80. The second-order valence-electron chi connectivity index (χ2n) is 5.10. The van der Waals surface area contributed by atoms with E-state index in [-0.39, 0.29) is 17.9 Å². The lowest BCUT2D eigenvalue weighted by Gasteiger charge is -2.25. The first-order valence-electron chi connectivity index (χ1n) is 6.26. The van der Waals surface area contributed by atoms with Gasteiger partial charge >= 0.3 is 0 Å². The summed E-state index contributed by atoms with van der Waals surface area (Å²) >= 11 is 0. The molecule has 4 nitrogen and oxygen atoms in total. The fourth-order valence-electron chi connectivity index (χ4n) is 2.61. The standard InChI is InChI=1S/C14H20N2O2/c1-14(13(18)15-2)7-8-16(10-14)12-6-4-3-5-11(12)9-17/h3-6,17H,7-10H2,1-2H3,(H,15,18). The third-order valence-corrected chi connectivity index (χ3v) is 3.75. The van der Waals surface area contributed by atoms with Crippen molar-refractivity contribution in [2.24, 2.45) is 5.41 Å². The predicted octanol–water partition coefficient (Wildman–Crippen LogP) is 1.14. The highest BCUT2D eigenvalue weighted by Gasteiger charge is 2.40. The van der Waals surface area contributed by atoms with E-state index in [1.807, 2.05) is 31.2 Å². The van der Waals surface area contributed by atoms with Crippen molar-refractivity contribution >= 4 is 11.6 Å². The number of aliphatic hydroxyl groups excluding tert-OH is 1. The molecule has 4 heteroatoms. The molecule has 0 radical (unpaired) electrons. The minimum atomic E-state index is -0.336. The Morgan fingerprint density at radius 2 is 2.22 bits per heavy atom. The molecule has 18 heavy (non-hydrogen) atoms. The lowest BCUT2D eigenvalue weighted by molar-refractivity contribution is -0.128. The summed E-state index contributed by atoms with van der Waals surface area (Å²) < 4.78 is 0. The Morgan fingerprint density at radius 3 is 2.89 bits per heavy atom. The molecule has 1 atom stereocenters. The van der Waals surface area contributed by atoms with E-state index in [9.17, 15) is 9.90 Å². The summed E-state index contributed by atoms with van der Waals surface area (Å²) in [6.45, 7) is 3.57. The number of anilines is 1. The lowest BCUT2D eigenvalue weighted by Crippen LogP contribution is -2.39. The molecule has 2 N–H and O–H groups in total. The van der Waals surface area contributed by atoms with E-state index >= 15 is 0 Å². The van der Waals surface area contributed by atoms with E-state index in [4.69, 9.17) is 0 Å². The first-order valence-corrected chi connectivity index (χ1v) is 6.26. The van der Waals surface area contributed by atoms with Gasteiger partial charge in [0, 0.05) is 31.4 Å². The zero-order valence-electron chi connectivity index (χ0n) is 10.9. The fourth-order valence-corrected chi connectivity index (χ4v) is 2.61. The highest BCUT2D eigenvalue weighted by atomic mass is 16.3. The summed E-state index contributed by atoms with van der Waals surface area (Å²) in [4.78, 5) is 14.1. The monoisotopic (exact) mass is 248 g/mol. The van der Waals surface area contributed by atoms with Crippen LogP contribution in [-0.4, -0.2) is 31.2 Å². The highest BCUT2D eigenvalue weighted by molar-refractivity contribution is 5.83. The average Bonchev–Trinajstić information content (AvgIpc) is 2.81. The SMILES string of the molecule is CNC(=O)C1(C)CCN(c2ccccc2CO)C1. The highest BCUT2D eigenvalue weighted by Crippen LogP contribution is 2.34. The molecule has 1 aromatic carbocycles. The average molecular weight is 248 g/mol.